The zero-order valence-electron chi connectivity index (χ0n) is 10.5. The van der Waals surface area contributed by atoms with Gasteiger partial charge in [-0.15, -0.1) is 0 Å². The standard InChI is InChI=1S/C14H17N3O/c1-17-13(18)14(9-11-5-3-2-4-6-11)10-15-8-7-12(14)16-17/h2-6,15H,7-10H2,1H3/t14-/m0/s1. The molecular formula is C14H17N3O. The van der Waals surface area contributed by atoms with Gasteiger partial charge in [0.25, 0.3) is 5.91 Å². The van der Waals surface area contributed by atoms with Crippen molar-refractivity contribution in [2.24, 2.45) is 10.5 Å². The minimum absolute atomic E-state index is 0.119. The van der Waals surface area contributed by atoms with E-state index in [0.29, 0.717) is 6.54 Å². The first kappa shape index (κ1) is 11.4. The molecule has 0 radical (unpaired) electrons. The fourth-order valence-corrected chi connectivity index (χ4v) is 2.92. The Hall–Kier alpha value is -1.68. The SMILES string of the molecule is CN1N=C2CCNC[C@]2(Cc2ccccc2)C1=O. The van der Waals surface area contributed by atoms with Gasteiger partial charge in [-0.1, -0.05) is 30.3 Å². The number of carbonyl (C=O) groups excluding carboxylic acids is 1. The molecule has 4 heteroatoms. The van der Waals surface area contributed by atoms with E-state index >= 15 is 0 Å². The average Bonchev–Trinajstić information content (AvgIpc) is 2.64. The number of carbonyl (C=O) groups is 1. The zero-order chi connectivity index (χ0) is 12.6. The Bertz CT molecular complexity index is 497. The van der Waals surface area contributed by atoms with Gasteiger partial charge >= 0.3 is 0 Å². The maximum Gasteiger partial charge on any atom is 0.256 e. The summed E-state index contributed by atoms with van der Waals surface area (Å²) in [5.41, 5.74) is 1.78. The first-order chi connectivity index (χ1) is 8.72. The lowest BCUT2D eigenvalue weighted by atomic mass is 9.74. The summed E-state index contributed by atoms with van der Waals surface area (Å²) in [6, 6.07) is 10.2. The summed E-state index contributed by atoms with van der Waals surface area (Å²) in [6.45, 7) is 1.61. The summed E-state index contributed by atoms with van der Waals surface area (Å²) in [5.74, 6) is 0.119. The van der Waals surface area contributed by atoms with Crippen LogP contribution in [0.5, 0.6) is 0 Å². The summed E-state index contributed by atoms with van der Waals surface area (Å²) >= 11 is 0. The van der Waals surface area contributed by atoms with E-state index in [4.69, 9.17) is 0 Å². The number of nitrogens with one attached hydrogen (secondary N) is 1. The Morgan fingerprint density at radius 3 is 2.94 bits per heavy atom. The number of benzene rings is 1. The summed E-state index contributed by atoms with van der Waals surface area (Å²) < 4.78 is 0. The van der Waals surface area contributed by atoms with E-state index in [0.717, 1.165) is 25.1 Å². The zero-order valence-corrected chi connectivity index (χ0v) is 10.5. The number of hydrazone groups is 1. The van der Waals surface area contributed by atoms with Crippen molar-refractivity contribution < 1.29 is 4.79 Å². The monoisotopic (exact) mass is 243 g/mol. The predicted molar refractivity (Wildman–Crippen MR) is 70.3 cm³/mol. The van der Waals surface area contributed by atoms with Crippen molar-refractivity contribution in [3.05, 3.63) is 35.9 Å². The number of rotatable bonds is 2. The molecule has 1 saturated heterocycles. The van der Waals surface area contributed by atoms with Gasteiger partial charge in [0.15, 0.2) is 0 Å². The Balaban J connectivity index is 1.96. The van der Waals surface area contributed by atoms with Crippen LogP contribution in [0.1, 0.15) is 12.0 Å². The first-order valence-electron chi connectivity index (χ1n) is 6.33. The van der Waals surface area contributed by atoms with E-state index < -0.39 is 5.41 Å². The van der Waals surface area contributed by atoms with Crippen LogP contribution in [0.4, 0.5) is 0 Å². The highest BCUT2D eigenvalue weighted by atomic mass is 16.2. The second-order valence-corrected chi connectivity index (χ2v) is 5.05. The molecule has 1 aromatic carbocycles. The molecule has 3 rings (SSSR count). The summed E-state index contributed by atoms with van der Waals surface area (Å²) in [5, 5.41) is 9.27. The molecule has 2 aliphatic rings. The predicted octanol–water partition coefficient (Wildman–Crippen LogP) is 1.04. The van der Waals surface area contributed by atoms with Crippen molar-refractivity contribution in [1.29, 1.82) is 0 Å². The van der Waals surface area contributed by atoms with Gasteiger partial charge in [0.1, 0.15) is 5.41 Å². The third-order valence-electron chi connectivity index (χ3n) is 3.84. The van der Waals surface area contributed by atoms with E-state index in [9.17, 15) is 4.79 Å². The average molecular weight is 243 g/mol. The molecule has 2 heterocycles. The van der Waals surface area contributed by atoms with Crippen molar-refractivity contribution in [3.63, 3.8) is 0 Å². The van der Waals surface area contributed by atoms with Gasteiger partial charge in [0, 0.05) is 26.6 Å². The molecule has 1 N–H and O–H groups in total. The molecular weight excluding hydrogens is 226 g/mol. The van der Waals surface area contributed by atoms with Crippen LogP contribution < -0.4 is 5.32 Å². The highest BCUT2D eigenvalue weighted by Crippen LogP contribution is 2.35. The van der Waals surface area contributed by atoms with Gasteiger partial charge in [-0.25, -0.2) is 5.01 Å². The Kier molecular flexibility index (Phi) is 2.67. The molecule has 94 valence electrons. The largest absolute Gasteiger partial charge is 0.315 e. The molecule has 0 aliphatic carbocycles. The van der Waals surface area contributed by atoms with Crippen LogP contribution in [-0.4, -0.2) is 36.8 Å². The second-order valence-electron chi connectivity index (χ2n) is 5.05. The van der Waals surface area contributed by atoms with E-state index in [1.165, 1.54) is 10.6 Å². The minimum Gasteiger partial charge on any atom is -0.315 e. The molecule has 4 nitrogen and oxygen atoms in total. The highest BCUT2D eigenvalue weighted by Gasteiger charge is 2.50. The lowest BCUT2D eigenvalue weighted by Crippen LogP contribution is -2.52. The summed E-state index contributed by atoms with van der Waals surface area (Å²) in [7, 11) is 1.75. The summed E-state index contributed by atoms with van der Waals surface area (Å²) in [6.07, 6.45) is 1.60. The van der Waals surface area contributed by atoms with E-state index in [1.807, 2.05) is 18.2 Å². The van der Waals surface area contributed by atoms with Crippen molar-refractivity contribution in [1.82, 2.24) is 10.3 Å². The highest BCUT2D eigenvalue weighted by molar-refractivity contribution is 6.13. The third-order valence-corrected chi connectivity index (χ3v) is 3.84. The maximum absolute atomic E-state index is 12.4. The fraction of sp³-hybridized carbons (Fsp3) is 0.429. The van der Waals surface area contributed by atoms with Crippen LogP contribution in [0.15, 0.2) is 35.4 Å². The number of amides is 1. The number of hydrogen-bond acceptors (Lipinski definition) is 3. The van der Waals surface area contributed by atoms with Crippen molar-refractivity contribution in [3.8, 4) is 0 Å². The third kappa shape index (κ3) is 1.64. The fourth-order valence-electron chi connectivity index (χ4n) is 2.92. The Morgan fingerprint density at radius 1 is 1.39 bits per heavy atom. The molecule has 1 amide bonds. The smallest absolute Gasteiger partial charge is 0.256 e. The topological polar surface area (TPSA) is 44.7 Å². The number of fused-ring (bicyclic) bond motifs is 1. The van der Waals surface area contributed by atoms with Gasteiger partial charge in [0.05, 0.1) is 5.71 Å². The molecule has 0 unspecified atom stereocenters. The Labute approximate surface area is 107 Å². The van der Waals surface area contributed by atoms with Gasteiger partial charge in [-0.3, -0.25) is 4.79 Å². The molecule has 1 atom stereocenters. The van der Waals surface area contributed by atoms with E-state index in [-0.39, 0.29) is 5.91 Å². The normalized spacial score (nSPS) is 27.1. The van der Waals surface area contributed by atoms with Gasteiger partial charge in [0.2, 0.25) is 0 Å². The molecule has 1 fully saturated rings. The molecule has 0 aromatic heterocycles. The van der Waals surface area contributed by atoms with Crippen LogP contribution in [0.3, 0.4) is 0 Å². The van der Waals surface area contributed by atoms with Crippen molar-refractivity contribution >= 4 is 11.6 Å². The quantitative estimate of drug-likeness (QED) is 0.843. The lowest BCUT2D eigenvalue weighted by molar-refractivity contribution is -0.134. The van der Waals surface area contributed by atoms with Crippen molar-refractivity contribution in [2.45, 2.75) is 12.8 Å². The van der Waals surface area contributed by atoms with Crippen LogP contribution in [0.2, 0.25) is 0 Å². The molecule has 0 spiro atoms. The van der Waals surface area contributed by atoms with Crippen LogP contribution in [0.25, 0.3) is 0 Å². The van der Waals surface area contributed by atoms with Gasteiger partial charge in [-0.05, 0) is 12.0 Å². The summed E-state index contributed by atoms with van der Waals surface area (Å²) in [4.78, 5) is 12.4. The van der Waals surface area contributed by atoms with Crippen LogP contribution in [0, 0.1) is 5.41 Å². The first-order valence-corrected chi connectivity index (χ1v) is 6.33. The molecule has 1 aromatic rings. The molecule has 18 heavy (non-hydrogen) atoms. The maximum atomic E-state index is 12.4. The molecule has 0 saturated carbocycles. The van der Waals surface area contributed by atoms with E-state index in [2.05, 4.69) is 22.6 Å². The lowest BCUT2D eigenvalue weighted by Gasteiger charge is -2.33. The van der Waals surface area contributed by atoms with Crippen LogP contribution >= 0.6 is 0 Å². The van der Waals surface area contributed by atoms with Gasteiger partial charge < -0.3 is 5.32 Å². The van der Waals surface area contributed by atoms with E-state index in [1.54, 1.807) is 7.05 Å². The molecule has 2 aliphatic heterocycles. The number of nitrogens with zero attached hydrogens (tertiary/aromatic N) is 2. The van der Waals surface area contributed by atoms with Crippen LogP contribution in [-0.2, 0) is 11.2 Å². The number of piperidine rings is 1. The number of hydrogen-bond donors (Lipinski definition) is 1. The van der Waals surface area contributed by atoms with Gasteiger partial charge in [-0.2, -0.15) is 5.10 Å². The minimum atomic E-state index is -0.450. The molecule has 0 bridgehead atoms. The Morgan fingerprint density at radius 2 is 2.17 bits per heavy atom. The second kappa shape index (κ2) is 4.21. The van der Waals surface area contributed by atoms with Crippen molar-refractivity contribution in [2.75, 3.05) is 20.1 Å².